The molecule has 52 valence electrons. The van der Waals surface area contributed by atoms with Crippen molar-refractivity contribution in [1.29, 1.82) is 5.26 Å². The monoisotopic (exact) mass is 130 g/mol. The van der Waals surface area contributed by atoms with Crippen LogP contribution in [0.3, 0.4) is 0 Å². The molecule has 0 aliphatic rings. The van der Waals surface area contributed by atoms with Crippen molar-refractivity contribution in [3.8, 4) is 6.07 Å². The molecule has 4 N–H and O–H groups in total. The third-order valence-electron chi connectivity index (χ3n) is 0.819. The molecule has 0 radical (unpaired) electrons. The van der Waals surface area contributed by atoms with Crippen molar-refractivity contribution in [3.05, 3.63) is 0 Å². The molecule has 4 nitrogen and oxygen atoms in total. The zero-order valence-corrected chi connectivity index (χ0v) is 5.29. The second-order valence-electron chi connectivity index (χ2n) is 1.60. The molecule has 1 atom stereocenters. The highest BCUT2D eigenvalue weighted by Crippen LogP contribution is 1.97. The maximum atomic E-state index is 9.94. The van der Waals surface area contributed by atoms with Crippen LogP contribution < -0.4 is 6.15 Å². The molecule has 0 amide bonds. The summed E-state index contributed by atoms with van der Waals surface area (Å²) in [5.74, 6) is -1.44. The number of nitrogens with zero attached hydrogens (tertiary/aromatic N) is 1. The van der Waals surface area contributed by atoms with Crippen LogP contribution >= 0.6 is 0 Å². The third kappa shape index (κ3) is 4.78. The lowest BCUT2D eigenvalue weighted by Crippen LogP contribution is -2.07. The van der Waals surface area contributed by atoms with Crippen molar-refractivity contribution >= 4 is 5.97 Å². The topological polar surface area (TPSA) is 96.1 Å². The van der Waals surface area contributed by atoms with Gasteiger partial charge in [-0.05, 0) is 0 Å². The number of aliphatic carboxylic acids is 1. The fourth-order valence-electron chi connectivity index (χ4n) is 0.224. The van der Waals surface area contributed by atoms with E-state index in [1.165, 1.54) is 6.92 Å². The summed E-state index contributed by atoms with van der Waals surface area (Å²) in [7, 11) is 0. The summed E-state index contributed by atoms with van der Waals surface area (Å²) in [6.45, 7) is 1.51. The van der Waals surface area contributed by atoms with Crippen LogP contribution in [-0.2, 0) is 4.79 Å². The summed E-state index contributed by atoms with van der Waals surface area (Å²) in [6, 6.07) is 1.77. The Morgan fingerprint density at radius 1 is 1.89 bits per heavy atom. The SMILES string of the molecule is CC(CC#N)C(=O)O.N. The van der Waals surface area contributed by atoms with Crippen molar-refractivity contribution in [2.24, 2.45) is 5.92 Å². The molecule has 9 heavy (non-hydrogen) atoms. The summed E-state index contributed by atoms with van der Waals surface area (Å²) >= 11 is 0. The Bertz CT molecular complexity index is 127. The van der Waals surface area contributed by atoms with E-state index in [0.29, 0.717) is 0 Å². The quantitative estimate of drug-likeness (QED) is 0.577. The van der Waals surface area contributed by atoms with Gasteiger partial charge >= 0.3 is 5.97 Å². The lowest BCUT2D eigenvalue weighted by atomic mass is 10.1. The predicted molar refractivity (Wildman–Crippen MR) is 32.1 cm³/mol. The minimum Gasteiger partial charge on any atom is -0.481 e. The first-order valence-corrected chi connectivity index (χ1v) is 2.28. The van der Waals surface area contributed by atoms with E-state index < -0.39 is 11.9 Å². The average molecular weight is 130 g/mol. The summed E-state index contributed by atoms with van der Waals surface area (Å²) in [4.78, 5) is 9.94. The van der Waals surface area contributed by atoms with Gasteiger partial charge in [-0.15, -0.1) is 0 Å². The van der Waals surface area contributed by atoms with Crippen LogP contribution in [0.15, 0.2) is 0 Å². The van der Waals surface area contributed by atoms with Crippen molar-refractivity contribution in [2.75, 3.05) is 0 Å². The maximum Gasteiger partial charge on any atom is 0.307 e. The lowest BCUT2D eigenvalue weighted by molar-refractivity contribution is -0.140. The molecule has 0 aromatic carbocycles. The van der Waals surface area contributed by atoms with Gasteiger partial charge in [-0.1, -0.05) is 6.92 Å². The molecular formula is C5H10N2O2. The summed E-state index contributed by atoms with van der Waals surface area (Å²) in [5.41, 5.74) is 0. The highest BCUT2D eigenvalue weighted by molar-refractivity contribution is 5.69. The summed E-state index contributed by atoms with van der Waals surface area (Å²) in [5, 5.41) is 16.1. The lowest BCUT2D eigenvalue weighted by Gasteiger charge is -1.94. The van der Waals surface area contributed by atoms with Crippen LogP contribution in [0.1, 0.15) is 13.3 Å². The molecular weight excluding hydrogens is 120 g/mol. The van der Waals surface area contributed by atoms with Crippen molar-refractivity contribution < 1.29 is 9.90 Å². The van der Waals surface area contributed by atoms with Gasteiger partial charge in [0, 0.05) is 6.42 Å². The van der Waals surface area contributed by atoms with Crippen LogP contribution in [0.2, 0.25) is 0 Å². The van der Waals surface area contributed by atoms with Crippen molar-refractivity contribution in [3.63, 3.8) is 0 Å². The van der Waals surface area contributed by atoms with E-state index in [1.807, 2.05) is 0 Å². The van der Waals surface area contributed by atoms with E-state index in [9.17, 15) is 4.79 Å². The first-order chi connectivity index (χ1) is 3.68. The van der Waals surface area contributed by atoms with Gasteiger partial charge in [0.05, 0.1) is 12.0 Å². The zero-order valence-electron chi connectivity index (χ0n) is 5.29. The van der Waals surface area contributed by atoms with Gasteiger partial charge in [-0.3, -0.25) is 4.79 Å². The highest BCUT2D eigenvalue weighted by Gasteiger charge is 2.08. The molecule has 4 heteroatoms. The van der Waals surface area contributed by atoms with Gasteiger partial charge < -0.3 is 11.3 Å². The van der Waals surface area contributed by atoms with E-state index >= 15 is 0 Å². The van der Waals surface area contributed by atoms with E-state index in [-0.39, 0.29) is 12.6 Å². The molecule has 0 aromatic heterocycles. The minimum absolute atomic E-state index is 0. The van der Waals surface area contributed by atoms with Crippen LogP contribution in [0.25, 0.3) is 0 Å². The number of rotatable bonds is 2. The second kappa shape index (κ2) is 5.06. The number of carboxylic acids is 1. The molecule has 0 saturated carbocycles. The Hall–Kier alpha value is -1.08. The van der Waals surface area contributed by atoms with Gasteiger partial charge in [0.2, 0.25) is 0 Å². The summed E-state index contributed by atoms with van der Waals surface area (Å²) < 4.78 is 0. The molecule has 0 aromatic rings. The average Bonchev–Trinajstić information content (AvgIpc) is 1.67. The number of hydrogen-bond acceptors (Lipinski definition) is 3. The zero-order chi connectivity index (χ0) is 6.57. The minimum atomic E-state index is -0.911. The fourth-order valence-corrected chi connectivity index (χ4v) is 0.224. The van der Waals surface area contributed by atoms with E-state index in [2.05, 4.69) is 0 Å². The molecule has 0 aliphatic heterocycles. The number of carbonyl (C=O) groups is 1. The normalized spacial score (nSPS) is 10.7. The van der Waals surface area contributed by atoms with E-state index in [1.54, 1.807) is 6.07 Å². The molecule has 0 aliphatic carbocycles. The highest BCUT2D eigenvalue weighted by atomic mass is 16.4. The van der Waals surface area contributed by atoms with E-state index in [0.717, 1.165) is 0 Å². The molecule has 0 saturated heterocycles. The Morgan fingerprint density at radius 2 is 2.33 bits per heavy atom. The maximum absolute atomic E-state index is 9.94. The number of carboxylic acid groups (broad SMARTS) is 1. The van der Waals surface area contributed by atoms with Crippen LogP contribution in [0, 0.1) is 17.2 Å². The van der Waals surface area contributed by atoms with E-state index in [4.69, 9.17) is 10.4 Å². The van der Waals surface area contributed by atoms with Crippen LogP contribution in [-0.4, -0.2) is 11.1 Å². The molecule has 1 unspecified atom stereocenters. The Morgan fingerprint density at radius 3 is 2.44 bits per heavy atom. The first-order valence-electron chi connectivity index (χ1n) is 2.28. The van der Waals surface area contributed by atoms with Gasteiger partial charge in [0.1, 0.15) is 0 Å². The smallest absolute Gasteiger partial charge is 0.307 e. The van der Waals surface area contributed by atoms with Gasteiger partial charge in [0.15, 0.2) is 0 Å². The third-order valence-corrected chi connectivity index (χ3v) is 0.819. The fraction of sp³-hybridized carbons (Fsp3) is 0.600. The molecule has 0 heterocycles. The molecule has 0 spiro atoms. The molecule has 0 bridgehead atoms. The Kier molecular flexibility index (Phi) is 6.09. The summed E-state index contributed by atoms with van der Waals surface area (Å²) in [6.07, 6.45) is 0.0926. The molecule has 0 rings (SSSR count). The van der Waals surface area contributed by atoms with Crippen molar-refractivity contribution in [2.45, 2.75) is 13.3 Å². The molecule has 0 fully saturated rings. The Labute approximate surface area is 53.7 Å². The standard InChI is InChI=1S/C5H7NO2.H3N/c1-4(2-3-6)5(7)8;/h4H,2H2,1H3,(H,7,8);1H3. The van der Waals surface area contributed by atoms with Gasteiger partial charge in [-0.25, -0.2) is 0 Å². The predicted octanol–water partition coefficient (Wildman–Crippen LogP) is 0.783. The van der Waals surface area contributed by atoms with Crippen molar-refractivity contribution in [1.82, 2.24) is 6.15 Å². The van der Waals surface area contributed by atoms with Gasteiger partial charge in [-0.2, -0.15) is 5.26 Å². The number of nitriles is 1. The largest absolute Gasteiger partial charge is 0.481 e. The second-order valence-corrected chi connectivity index (χ2v) is 1.60. The van der Waals surface area contributed by atoms with Gasteiger partial charge in [0.25, 0.3) is 0 Å². The van der Waals surface area contributed by atoms with Crippen LogP contribution in [0.5, 0.6) is 0 Å². The number of hydrogen-bond donors (Lipinski definition) is 2. The first kappa shape index (κ1) is 10.8. The van der Waals surface area contributed by atoms with Crippen LogP contribution in [0.4, 0.5) is 0 Å². The Balaban J connectivity index is 0.